The molecule has 0 atom stereocenters. The molecule has 0 saturated carbocycles. The van der Waals surface area contributed by atoms with Gasteiger partial charge in [0.1, 0.15) is 0 Å². The Kier molecular flexibility index (Phi) is 2.08. The predicted molar refractivity (Wildman–Crippen MR) is 47.8 cm³/mol. The van der Waals surface area contributed by atoms with Gasteiger partial charge >= 0.3 is 0 Å². The summed E-state index contributed by atoms with van der Waals surface area (Å²) in [6.45, 7) is 3.84. The number of hydrogen-bond donors (Lipinski definition) is 0. The van der Waals surface area contributed by atoms with Crippen LogP contribution in [0.5, 0.6) is 0 Å². The fraction of sp³-hybridized carbons (Fsp3) is 0.800. The molecule has 1 spiro atoms. The first-order chi connectivity index (χ1) is 5.87. The topological polar surface area (TPSA) is 12.5 Å². The van der Waals surface area contributed by atoms with Gasteiger partial charge in [0.2, 0.25) is 0 Å². The zero-order chi connectivity index (χ0) is 8.44. The fourth-order valence-electron chi connectivity index (χ4n) is 2.26. The van der Waals surface area contributed by atoms with Gasteiger partial charge in [-0.25, -0.2) is 0 Å². The zero-order valence-corrected chi connectivity index (χ0v) is 7.38. The Labute approximate surface area is 73.9 Å². The van der Waals surface area contributed by atoms with Crippen LogP contribution in [0.3, 0.4) is 0 Å². The van der Waals surface area contributed by atoms with Crippen LogP contribution in [-0.4, -0.2) is 36.7 Å². The first kappa shape index (κ1) is 8.10. The third-order valence-electron chi connectivity index (χ3n) is 3.22. The van der Waals surface area contributed by atoms with Crippen molar-refractivity contribution >= 4 is 0 Å². The standard InChI is InChI=1S/C10H15NO/c1-2-6-11-7-3-10(11)4-8-12-9-5-10/h1H,3-9H2. The third kappa shape index (κ3) is 1.14. The molecule has 2 heterocycles. The van der Waals surface area contributed by atoms with Gasteiger partial charge in [-0.1, -0.05) is 5.92 Å². The summed E-state index contributed by atoms with van der Waals surface area (Å²) in [7, 11) is 0. The molecular weight excluding hydrogens is 150 g/mol. The van der Waals surface area contributed by atoms with Crippen LogP contribution in [0.15, 0.2) is 0 Å². The molecule has 2 saturated heterocycles. The molecular formula is C10H15NO. The highest BCUT2D eigenvalue weighted by Crippen LogP contribution is 2.38. The Bertz CT molecular complexity index is 200. The predicted octanol–water partition coefficient (Wildman–Crippen LogP) is 0.875. The van der Waals surface area contributed by atoms with E-state index in [0.29, 0.717) is 5.54 Å². The molecule has 0 aromatic heterocycles. The van der Waals surface area contributed by atoms with Crippen molar-refractivity contribution in [3.8, 4) is 12.3 Å². The van der Waals surface area contributed by atoms with Crippen molar-refractivity contribution in [2.45, 2.75) is 24.8 Å². The molecule has 2 aliphatic heterocycles. The molecule has 0 N–H and O–H groups in total. The summed E-state index contributed by atoms with van der Waals surface area (Å²) < 4.78 is 5.35. The van der Waals surface area contributed by atoms with Crippen LogP contribution in [0.2, 0.25) is 0 Å². The van der Waals surface area contributed by atoms with Crippen LogP contribution in [0, 0.1) is 12.3 Å². The Morgan fingerprint density at radius 3 is 2.58 bits per heavy atom. The average Bonchev–Trinajstić information content (AvgIpc) is 2.14. The number of hydrogen-bond acceptors (Lipinski definition) is 2. The molecule has 2 fully saturated rings. The number of rotatable bonds is 1. The van der Waals surface area contributed by atoms with E-state index >= 15 is 0 Å². The van der Waals surface area contributed by atoms with Gasteiger partial charge in [-0.15, -0.1) is 6.42 Å². The second-order valence-corrected chi connectivity index (χ2v) is 3.71. The molecule has 66 valence electrons. The van der Waals surface area contributed by atoms with Crippen LogP contribution in [0.1, 0.15) is 19.3 Å². The average molecular weight is 165 g/mol. The second-order valence-electron chi connectivity index (χ2n) is 3.71. The van der Waals surface area contributed by atoms with Gasteiger partial charge in [0, 0.05) is 25.3 Å². The van der Waals surface area contributed by atoms with E-state index in [1.54, 1.807) is 0 Å². The molecule has 0 aromatic rings. The Hall–Kier alpha value is -0.520. The van der Waals surface area contributed by atoms with Crippen molar-refractivity contribution in [3.63, 3.8) is 0 Å². The summed E-state index contributed by atoms with van der Waals surface area (Å²) in [5.41, 5.74) is 0.435. The summed E-state index contributed by atoms with van der Waals surface area (Å²) in [6.07, 6.45) is 8.97. The third-order valence-corrected chi connectivity index (χ3v) is 3.22. The van der Waals surface area contributed by atoms with E-state index in [2.05, 4.69) is 10.8 Å². The van der Waals surface area contributed by atoms with Crippen LogP contribution in [0.4, 0.5) is 0 Å². The minimum absolute atomic E-state index is 0.435. The van der Waals surface area contributed by atoms with E-state index in [0.717, 1.165) is 19.8 Å². The number of likely N-dealkylation sites (tertiary alicyclic amines) is 1. The van der Waals surface area contributed by atoms with Gasteiger partial charge in [0.25, 0.3) is 0 Å². The first-order valence-corrected chi connectivity index (χ1v) is 4.64. The lowest BCUT2D eigenvalue weighted by Crippen LogP contribution is -2.62. The lowest BCUT2D eigenvalue weighted by atomic mass is 9.78. The van der Waals surface area contributed by atoms with Gasteiger partial charge in [0.15, 0.2) is 0 Å². The monoisotopic (exact) mass is 165 g/mol. The minimum atomic E-state index is 0.435. The Morgan fingerprint density at radius 2 is 2.08 bits per heavy atom. The summed E-state index contributed by atoms with van der Waals surface area (Å²) in [4.78, 5) is 2.43. The van der Waals surface area contributed by atoms with Crippen molar-refractivity contribution in [2.24, 2.45) is 0 Å². The van der Waals surface area contributed by atoms with E-state index in [1.165, 1.54) is 25.8 Å². The quantitative estimate of drug-likeness (QED) is 0.535. The molecule has 2 heteroatoms. The highest BCUT2D eigenvalue weighted by molar-refractivity contribution is 5.05. The van der Waals surface area contributed by atoms with Crippen molar-refractivity contribution in [3.05, 3.63) is 0 Å². The number of nitrogens with zero attached hydrogens (tertiary/aromatic N) is 1. The first-order valence-electron chi connectivity index (χ1n) is 4.64. The maximum atomic E-state index is 5.35. The lowest BCUT2D eigenvalue weighted by molar-refractivity contribution is -0.0823. The summed E-state index contributed by atoms with van der Waals surface area (Å²) >= 11 is 0. The molecule has 0 amide bonds. The molecule has 2 aliphatic rings. The van der Waals surface area contributed by atoms with Crippen LogP contribution >= 0.6 is 0 Å². The smallest absolute Gasteiger partial charge is 0.0603 e. The molecule has 2 nitrogen and oxygen atoms in total. The summed E-state index contributed by atoms with van der Waals surface area (Å²) in [5, 5.41) is 0. The maximum absolute atomic E-state index is 5.35. The SMILES string of the molecule is C#CCN1CCC12CCOCC2. The number of terminal acetylenes is 1. The maximum Gasteiger partial charge on any atom is 0.0603 e. The molecule has 2 rings (SSSR count). The van der Waals surface area contributed by atoms with Crippen LogP contribution in [-0.2, 0) is 4.74 Å². The molecule has 0 unspecified atom stereocenters. The van der Waals surface area contributed by atoms with E-state index in [4.69, 9.17) is 11.2 Å². The van der Waals surface area contributed by atoms with Gasteiger partial charge in [-0.2, -0.15) is 0 Å². The Morgan fingerprint density at radius 1 is 1.33 bits per heavy atom. The van der Waals surface area contributed by atoms with Gasteiger partial charge in [0.05, 0.1) is 6.54 Å². The molecule has 0 bridgehead atoms. The van der Waals surface area contributed by atoms with Crippen LogP contribution < -0.4 is 0 Å². The molecule has 0 aromatic carbocycles. The van der Waals surface area contributed by atoms with E-state index in [1.807, 2.05) is 0 Å². The van der Waals surface area contributed by atoms with Crippen molar-refractivity contribution in [1.82, 2.24) is 4.90 Å². The normalized spacial score (nSPS) is 27.9. The highest BCUT2D eigenvalue weighted by atomic mass is 16.5. The Balaban J connectivity index is 1.96. The zero-order valence-electron chi connectivity index (χ0n) is 7.38. The van der Waals surface area contributed by atoms with Crippen LogP contribution in [0.25, 0.3) is 0 Å². The van der Waals surface area contributed by atoms with Crippen molar-refractivity contribution < 1.29 is 4.74 Å². The molecule has 0 aliphatic carbocycles. The van der Waals surface area contributed by atoms with Crippen molar-refractivity contribution in [2.75, 3.05) is 26.3 Å². The number of ether oxygens (including phenoxy) is 1. The lowest BCUT2D eigenvalue weighted by Gasteiger charge is -2.54. The summed E-state index contributed by atoms with van der Waals surface area (Å²) in [6, 6.07) is 0. The van der Waals surface area contributed by atoms with E-state index < -0.39 is 0 Å². The minimum Gasteiger partial charge on any atom is -0.381 e. The fourth-order valence-corrected chi connectivity index (χ4v) is 2.26. The van der Waals surface area contributed by atoms with Gasteiger partial charge in [-0.3, -0.25) is 4.90 Å². The van der Waals surface area contributed by atoms with Gasteiger partial charge in [-0.05, 0) is 19.3 Å². The molecule has 12 heavy (non-hydrogen) atoms. The highest BCUT2D eigenvalue weighted by Gasteiger charge is 2.44. The molecule has 0 radical (unpaired) electrons. The summed E-state index contributed by atoms with van der Waals surface area (Å²) in [5.74, 6) is 2.73. The van der Waals surface area contributed by atoms with E-state index in [9.17, 15) is 0 Å². The largest absolute Gasteiger partial charge is 0.381 e. The van der Waals surface area contributed by atoms with Gasteiger partial charge < -0.3 is 4.74 Å². The second kappa shape index (κ2) is 3.08. The van der Waals surface area contributed by atoms with Crippen molar-refractivity contribution in [1.29, 1.82) is 0 Å². The van der Waals surface area contributed by atoms with E-state index in [-0.39, 0.29) is 0 Å².